The van der Waals surface area contributed by atoms with Gasteiger partial charge in [0.25, 0.3) is 0 Å². The maximum Gasteiger partial charge on any atom is 0.245 e. The van der Waals surface area contributed by atoms with E-state index in [0.29, 0.717) is 25.8 Å². The van der Waals surface area contributed by atoms with Gasteiger partial charge in [0, 0.05) is 24.0 Å². The van der Waals surface area contributed by atoms with Crippen molar-refractivity contribution in [2.45, 2.75) is 31.8 Å². The number of nitrogens with zero attached hydrogens (tertiary/aromatic N) is 1. The van der Waals surface area contributed by atoms with E-state index < -0.39 is 0 Å². The van der Waals surface area contributed by atoms with Crippen LogP contribution in [0.4, 0.5) is 11.4 Å². The number of benzene rings is 1. The van der Waals surface area contributed by atoms with Crippen molar-refractivity contribution < 1.29 is 9.53 Å². The predicted octanol–water partition coefficient (Wildman–Crippen LogP) is 1.06. The molecule has 108 valence electrons. The van der Waals surface area contributed by atoms with Gasteiger partial charge < -0.3 is 20.7 Å². The first-order valence-corrected chi connectivity index (χ1v) is 7.16. The van der Waals surface area contributed by atoms with Crippen molar-refractivity contribution in [3.63, 3.8) is 0 Å². The van der Waals surface area contributed by atoms with Crippen LogP contribution in [0.3, 0.4) is 0 Å². The van der Waals surface area contributed by atoms with Gasteiger partial charge in [0.15, 0.2) is 0 Å². The average molecular weight is 275 g/mol. The van der Waals surface area contributed by atoms with Crippen molar-refractivity contribution in [1.29, 1.82) is 0 Å². The zero-order valence-corrected chi connectivity index (χ0v) is 11.8. The van der Waals surface area contributed by atoms with Gasteiger partial charge in [-0.3, -0.25) is 4.79 Å². The van der Waals surface area contributed by atoms with Crippen LogP contribution in [-0.2, 0) is 9.53 Å². The SMILES string of the molecule is Cc1ccc(N2CCOCC2C(=O)NC2CC2)cc1N. The molecule has 20 heavy (non-hydrogen) atoms. The molecule has 1 atom stereocenters. The van der Waals surface area contributed by atoms with Gasteiger partial charge in [-0.05, 0) is 37.5 Å². The molecule has 2 fully saturated rings. The Morgan fingerprint density at radius 2 is 2.25 bits per heavy atom. The Hall–Kier alpha value is -1.75. The first-order valence-electron chi connectivity index (χ1n) is 7.16. The van der Waals surface area contributed by atoms with Crippen LogP contribution in [0.15, 0.2) is 18.2 Å². The molecule has 1 saturated heterocycles. The summed E-state index contributed by atoms with van der Waals surface area (Å²) in [7, 11) is 0. The molecule has 3 N–H and O–H groups in total. The highest BCUT2D eigenvalue weighted by molar-refractivity contribution is 5.86. The minimum absolute atomic E-state index is 0.0614. The molecule has 5 nitrogen and oxygen atoms in total. The molecule has 0 spiro atoms. The van der Waals surface area contributed by atoms with Crippen molar-refractivity contribution in [2.24, 2.45) is 0 Å². The van der Waals surface area contributed by atoms with E-state index >= 15 is 0 Å². The third-order valence-corrected chi connectivity index (χ3v) is 3.95. The number of amides is 1. The summed E-state index contributed by atoms with van der Waals surface area (Å²) >= 11 is 0. The van der Waals surface area contributed by atoms with Crippen molar-refractivity contribution in [1.82, 2.24) is 5.32 Å². The van der Waals surface area contributed by atoms with Crippen LogP contribution >= 0.6 is 0 Å². The molecule has 1 aromatic carbocycles. The first kappa shape index (κ1) is 13.2. The molecule has 5 heteroatoms. The van der Waals surface area contributed by atoms with Crippen molar-refractivity contribution in [3.8, 4) is 0 Å². The second kappa shape index (κ2) is 5.32. The van der Waals surface area contributed by atoms with Gasteiger partial charge in [0.2, 0.25) is 5.91 Å². The molecule has 1 unspecified atom stereocenters. The van der Waals surface area contributed by atoms with Crippen molar-refractivity contribution >= 4 is 17.3 Å². The van der Waals surface area contributed by atoms with E-state index in [4.69, 9.17) is 10.5 Å². The molecule has 1 aliphatic carbocycles. The Morgan fingerprint density at radius 3 is 2.95 bits per heavy atom. The molecule has 1 aliphatic heterocycles. The number of carbonyl (C=O) groups is 1. The standard InChI is InChI=1S/C15H21N3O2/c1-10-2-5-12(8-13(10)16)18-6-7-20-9-14(18)15(19)17-11-3-4-11/h2,5,8,11,14H,3-4,6-7,9,16H2,1H3,(H,17,19). The number of carbonyl (C=O) groups excluding carboxylic acids is 1. The van der Waals surface area contributed by atoms with Gasteiger partial charge in [-0.25, -0.2) is 0 Å². The Kier molecular flexibility index (Phi) is 3.53. The van der Waals surface area contributed by atoms with E-state index in [1.807, 2.05) is 25.1 Å². The minimum Gasteiger partial charge on any atom is -0.398 e. The van der Waals surface area contributed by atoms with Gasteiger partial charge in [0.1, 0.15) is 6.04 Å². The second-order valence-electron chi connectivity index (χ2n) is 5.61. The quantitative estimate of drug-likeness (QED) is 0.810. The molecule has 2 aliphatic rings. The van der Waals surface area contributed by atoms with Gasteiger partial charge >= 0.3 is 0 Å². The normalized spacial score (nSPS) is 22.6. The summed E-state index contributed by atoms with van der Waals surface area (Å²) in [5.74, 6) is 0.0614. The highest BCUT2D eigenvalue weighted by Gasteiger charge is 2.33. The number of hydrogen-bond acceptors (Lipinski definition) is 4. The lowest BCUT2D eigenvalue weighted by atomic mass is 10.1. The van der Waals surface area contributed by atoms with Crippen LogP contribution < -0.4 is 16.0 Å². The molecular weight excluding hydrogens is 254 g/mol. The number of nitrogens with one attached hydrogen (secondary N) is 1. The van der Waals surface area contributed by atoms with E-state index in [1.165, 1.54) is 0 Å². The fraction of sp³-hybridized carbons (Fsp3) is 0.533. The molecule has 3 rings (SSSR count). The minimum atomic E-state index is -0.258. The number of morpholine rings is 1. The fourth-order valence-corrected chi connectivity index (χ4v) is 2.46. The highest BCUT2D eigenvalue weighted by atomic mass is 16.5. The number of hydrogen-bond donors (Lipinski definition) is 2. The van der Waals surface area contributed by atoms with Crippen LogP contribution in [-0.4, -0.2) is 37.7 Å². The molecule has 0 bridgehead atoms. The third kappa shape index (κ3) is 2.72. The Morgan fingerprint density at radius 1 is 1.45 bits per heavy atom. The largest absolute Gasteiger partial charge is 0.398 e. The first-order chi connectivity index (χ1) is 9.65. The molecule has 1 saturated carbocycles. The van der Waals surface area contributed by atoms with Gasteiger partial charge in [-0.15, -0.1) is 0 Å². The molecule has 1 amide bonds. The van der Waals surface area contributed by atoms with E-state index in [0.717, 1.165) is 29.8 Å². The van der Waals surface area contributed by atoms with Crippen molar-refractivity contribution in [3.05, 3.63) is 23.8 Å². The third-order valence-electron chi connectivity index (χ3n) is 3.95. The lowest BCUT2D eigenvalue weighted by Crippen LogP contribution is -2.54. The molecule has 1 aromatic rings. The number of ether oxygens (including phenoxy) is 1. The summed E-state index contributed by atoms with van der Waals surface area (Å²) in [5, 5.41) is 3.06. The van der Waals surface area contributed by atoms with Crippen LogP contribution in [0.2, 0.25) is 0 Å². The summed E-state index contributed by atoms with van der Waals surface area (Å²) in [6, 6.07) is 6.07. The van der Waals surface area contributed by atoms with Crippen molar-refractivity contribution in [2.75, 3.05) is 30.4 Å². The number of rotatable bonds is 3. The van der Waals surface area contributed by atoms with E-state index in [2.05, 4.69) is 10.2 Å². The van der Waals surface area contributed by atoms with Gasteiger partial charge in [-0.2, -0.15) is 0 Å². The zero-order valence-electron chi connectivity index (χ0n) is 11.8. The molecular formula is C15H21N3O2. The van der Waals surface area contributed by atoms with Crippen LogP contribution in [0.5, 0.6) is 0 Å². The Labute approximate surface area is 119 Å². The fourth-order valence-electron chi connectivity index (χ4n) is 2.46. The number of aryl methyl sites for hydroxylation is 1. The number of nitrogen functional groups attached to an aromatic ring is 1. The van der Waals surface area contributed by atoms with E-state index in [-0.39, 0.29) is 11.9 Å². The lowest BCUT2D eigenvalue weighted by molar-refractivity contribution is -0.124. The van der Waals surface area contributed by atoms with E-state index in [9.17, 15) is 4.79 Å². The molecule has 0 aromatic heterocycles. The smallest absolute Gasteiger partial charge is 0.245 e. The topological polar surface area (TPSA) is 67.6 Å². The summed E-state index contributed by atoms with van der Waals surface area (Å²) in [4.78, 5) is 14.4. The zero-order chi connectivity index (χ0) is 14.1. The highest BCUT2D eigenvalue weighted by Crippen LogP contribution is 2.25. The maximum absolute atomic E-state index is 12.3. The lowest BCUT2D eigenvalue weighted by Gasteiger charge is -2.36. The predicted molar refractivity (Wildman–Crippen MR) is 78.7 cm³/mol. The van der Waals surface area contributed by atoms with Gasteiger partial charge in [-0.1, -0.05) is 6.07 Å². The Balaban J connectivity index is 1.79. The van der Waals surface area contributed by atoms with Gasteiger partial charge in [0.05, 0.1) is 13.2 Å². The monoisotopic (exact) mass is 275 g/mol. The van der Waals surface area contributed by atoms with Crippen LogP contribution in [0.1, 0.15) is 18.4 Å². The Bertz CT molecular complexity index is 514. The summed E-state index contributed by atoms with van der Waals surface area (Å²) in [6.45, 7) is 3.77. The number of anilines is 2. The maximum atomic E-state index is 12.3. The summed E-state index contributed by atoms with van der Waals surface area (Å²) in [6.07, 6.45) is 2.19. The van der Waals surface area contributed by atoms with E-state index in [1.54, 1.807) is 0 Å². The van der Waals surface area contributed by atoms with Crippen LogP contribution in [0, 0.1) is 6.92 Å². The molecule has 0 radical (unpaired) electrons. The molecule has 1 heterocycles. The summed E-state index contributed by atoms with van der Waals surface area (Å²) < 4.78 is 5.48. The average Bonchev–Trinajstić information content (AvgIpc) is 3.26. The van der Waals surface area contributed by atoms with Crippen LogP contribution in [0.25, 0.3) is 0 Å². The summed E-state index contributed by atoms with van der Waals surface area (Å²) in [5.41, 5.74) is 8.79. The number of nitrogens with two attached hydrogens (primary N) is 1. The second-order valence-corrected chi connectivity index (χ2v) is 5.61.